The number of sulfonamides is 1. The summed E-state index contributed by atoms with van der Waals surface area (Å²) in [5.41, 5.74) is 0.487. The predicted octanol–water partition coefficient (Wildman–Crippen LogP) is 1.15. The maximum absolute atomic E-state index is 13.1. The van der Waals surface area contributed by atoms with Crippen molar-refractivity contribution >= 4 is 33.4 Å². The van der Waals surface area contributed by atoms with Crippen LogP contribution in [0.1, 0.15) is 12.0 Å². The Morgan fingerprint density at radius 1 is 1.03 bits per heavy atom. The van der Waals surface area contributed by atoms with Crippen molar-refractivity contribution in [2.24, 2.45) is 4.99 Å². The van der Waals surface area contributed by atoms with Crippen LogP contribution in [0.25, 0.3) is 0 Å². The van der Waals surface area contributed by atoms with Crippen molar-refractivity contribution < 1.29 is 26.8 Å². The summed E-state index contributed by atoms with van der Waals surface area (Å²) in [6.45, 7) is -0.368. The third-order valence-corrected chi connectivity index (χ3v) is 5.32. The lowest BCUT2D eigenvalue weighted by Crippen LogP contribution is -2.33. The number of anilines is 1. The predicted molar refractivity (Wildman–Crippen MR) is 101 cm³/mol. The van der Waals surface area contributed by atoms with Gasteiger partial charge in [-0.25, -0.2) is 17.2 Å². The second-order valence-electron chi connectivity index (χ2n) is 6.04. The molecule has 0 aromatic heterocycles. The minimum Gasteiger partial charge on any atom is -0.347 e. The first-order chi connectivity index (χ1) is 13.8. The second kappa shape index (κ2) is 8.35. The quantitative estimate of drug-likeness (QED) is 0.647. The van der Waals surface area contributed by atoms with Crippen LogP contribution in [0.3, 0.4) is 0 Å². The molecule has 2 aromatic rings. The van der Waals surface area contributed by atoms with Gasteiger partial charge in [-0.1, -0.05) is 12.1 Å². The van der Waals surface area contributed by atoms with E-state index in [4.69, 9.17) is 0 Å². The third kappa shape index (κ3) is 4.93. The van der Waals surface area contributed by atoms with Crippen LogP contribution in [0.5, 0.6) is 0 Å². The Balaban J connectivity index is 1.47. The Morgan fingerprint density at radius 2 is 1.79 bits per heavy atom. The van der Waals surface area contributed by atoms with Gasteiger partial charge in [-0.2, -0.15) is 0 Å². The molecule has 0 atom stereocenters. The lowest BCUT2D eigenvalue weighted by molar-refractivity contribution is -0.124. The van der Waals surface area contributed by atoms with Crippen molar-refractivity contribution in [3.05, 3.63) is 59.7 Å². The standard InChI is InChI=1S/C18H16F2N4O4S/c19-13-6-5-11(9-14(13)20)23-17(26)10-22-16(25)7-8-21-18-12-3-1-2-4-15(12)29(27,28)24-18/h1-6,9H,7-8,10H2,(H,21,24)(H,22,25)(H,23,26). The van der Waals surface area contributed by atoms with Gasteiger partial charge in [0.25, 0.3) is 10.0 Å². The summed E-state index contributed by atoms with van der Waals surface area (Å²) in [6, 6.07) is 9.22. The highest BCUT2D eigenvalue weighted by atomic mass is 32.2. The molecule has 0 saturated carbocycles. The average molecular weight is 422 g/mol. The zero-order valence-corrected chi connectivity index (χ0v) is 15.7. The number of nitrogens with one attached hydrogen (secondary N) is 3. The second-order valence-corrected chi connectivity index (χ2v) is 7.69. The van der Waals surface area contributed by atoms with E-state index >= 15 is 0 Å². The SMILES string of the molecule is O=C(CCN=C1NS(=O)(=O)c2ccccc21)NCC(=O)Nc1ccc(F)c(F)c1. The monoisotopic (exact) mass is 422 g/mol. The fourth-order valence-electron chi connectivity index (χ4n) is 2.57. The fraction of sp³-hybridized carbons (Fsp3) is 0.167. The van der Waals surface area contributed by atoms with Gasteiger partial charge in [-0.05, 0) is 24.3 Å². The molecule has 0 saturated heterocycles. The number of carbonyl (C=O) groups is 2. The number of fused-ring (bicyclic) bond motifs is 1. The fourth-order valence-corrected chi connectivity index (χ4v) is 3.82. The molecule has 29 heavy (non-hydrogen) atoms. The number of aliphatic imine (C=N–C) groups is 1. The van der Waals surface area contributed by atoms with Crippen LogP contribution < -0.4 is 15.4 Å². The van der Waals surface area contributed by atoms with Crippen LogP contribution in [0.2, 0.25) is 0 Å². The normalized spacial score (nSPS) is 15.4. The van der Waals surface area contributed by atoms with Crippen molar-refractivity contribution in [2.75, 3.05) is 18.4 Å². The molecule has 11 heteroatoms. The summed E-state index contributed by atoms with van der Waals surface area (Å²) in [4.78, 5) is 27.8. The van der Waals surface area contributed by atoms with E-state index in [0.717, 1.165) is 12.1 Å². The topological polar surface area (TPSA) is 117 Å². The number of hydrogen-bond acceptors (Lipinski definition) is 5. The number of rotatable bonds is 6. The molecule has 2 aromatic carbocycles. The first-order valence-corrected chi connectivity index (χ1v) is 9.93. The van der Waals surface area contributed by atoms with E-state index in [1.807, 2.05) is 0 Å². The first kappa shape index (κ1) is 20.4. The Morgan fingerprint density at radius 3 is 2.55 bits per heavy atom. The molecule has 1 aliphatic rings. The molecule has 0 unspecified atom stereocenters. The van der Waals surface area contributed by atoms with E-state index in [1.165, 1.54) is 12.1 Å². The van der Waals surface area contributed by atoms with E-state index in [2.05, 4.69) is 20.3 Å². The molecular formula is C18H16F2N4O4S. The molecule has 0 spiro atoms. The van der Waals surface area contributed by atoms with Gasteiger partial charge in [0.05, 0.1) is 18.0 Å². The minimum absolute atomic E-state index is 0.00279. The summed E-state index contributed by atoms with van der Waals surface area (Å²) in [7, 11) is -3.65. The average Bonchev–Trinajstić information content (AvgIpc) is 2.94. The summed E-state index contributed by atoms with van der Waals surface area (Å²) >= 11 is 0. The van der Waals surface area contributed by atoms with Gasteiger partial charge in [0.1, 0.15) is 5.84 Å². The molecule has 3 rings (SSSR count). The highest BCUT2D eigenvalue weighted by Gasteiger charge is 2.29. The summed E-state index contributed by atoms with van der Waals surface area (Å²) in [5, 5.41) is 4.68. The van der Waals surface area contributed by atoms with Gasteiger partial charge in [0.15, 0.2) is 11.6 Å². The number of nitrogens with zero attached hydrogens (tertiary/aromatic N) is 1. The van der Waals surface area contributed by atoms with E-state index < -0.39 is 33.5 Å². The summed E-state index contributed by atoms with van der Waals surface area (Å²) < 4.78 is 52.2. The zero-order valence-electron chi connectivity index (χ0n) is 14.9. The van der Waals surface area contributed by atoms with Crippen LogP contribution in [-0.4, -0.2) is 39.2 Å². The van der Waals surface area contributed by atoms with Gasteiger partial charge in [0.2, 0.25) is 11.8 Å². The van der Waals surface area contributed by atoms with Crippen LogP contribution in [0.15, 0.2) is 52.4 Å². The van der Waals surface area contributed by atoms with Crippen molar-refractivity contribution in [3.63, 3.8) is 0 Å². The summed E-state index contributed by atoms with van der Waals surface area (Å²) in [6.07, 6.45) is -0.0775. The number of halogens is 2. The lowest BCUT2D eigenvalue weighted by atomic mass is 10.2. The van der Waals surface area contributed by atoms with Gasteiger partial charge in [0, 0.05) is 23.7 Å². The number of amidine groups is 1. The van der Waals surface area contributed by atoms with Crippen molar-refractivity contribution in [2.45, 2.75) is 11.3 Å². The largest absolute Gasteiger partial charge is 0.347 e. The molecule has 0 aliphatic carbocycles. The van der Waals surface area contributed by atoms with E-state index in [0.29, 0.717) is 5.56 Å². The molecule has 152 valence electrons. The van der Waals surface area contributed by atoms with Crippen molar-refractivity contribution in [1.29, 1.82) is 0 Å². The lowest BCUT2D eigenvalue weighted by Gasteiger charge is -2.07. The Hall–Kier alpha value is -3.34. The smallest absolute Gasteiger partial charge is 0.263 e. The Bertz CT molecular complexity index is 1100. The molecule has 1 heterocycles. The molecule has 2 amide bonds. The van der Waals surface area contributed by atoms with Gasteiger partial charge < -0.3 is 10.6 Å². The van der Waals surface area contributed by atoms with E-state index in [1.54, 1.807) is 18.2 Å². The highest BCUT2D eigenvalue weighted by Crippen LogP contribution is 2.22. The number of benzene rings is 2. The molecule has 8 nitrogen and oxygen atoms in total. The van der Waals surface area contributed by atoms with E-state index in [9.17, 15) is 26.8 Å². The van der Waals surface area contributed by atoms with Crippen LogP contribution in [0.4, 0.5) is 14.5 Å². The zero-order chi connectivity index (χ0) is 21.0. The maximum Gasteiger partial charge on any atom is 0.263 e. The molecule has 0 fully saturated rings. The van der Waals surface area contributed by atoms with Gasteiger partial charge in [-0.15, -0.1) is 0 Å². The Labute approximate surface area is 165 Å². The van der Waals surface area contributed by atoms with Crippen molar-refractivity contribution in [1.82, 2.24) is 10.0 Å². The molecule has 1 aliphatic heterocycles. The van der Waals surface area contributed by atoms with Crippen LogP contribution in [0, 0.1) is 11.6 Å². The van der Waals surface area contributed by atoms with Crippen LogP contribution >= 0.6 is 0 Å². The maximum atomic E-state index is 13.1. The van der Waals surface area contributed by atoms with E-state index in [-0.39, 0.29) is 35.9 Å². The third-order valence-electron chi connectivity index (χ3n) is 3.92. The number of amides is 2. The first-order valence-electron chi connectivity index (χ1n) is 8.44. The Kier molecular flexibility index (Phi) is 5.87. The number of carbonyl (C=O) groups excluding carboxylic acids is 2. The minimum atomic E-state index is -3.65. The molecule has 0 radical (unpaired) electrons. The summed E-state index contributed by atoms with van der Waals surface area (Å²) in [5.74, 6) is -3.08. The molecule has 0 bridgehead atoms. The molecule has 3 N–H and O–H groups in total. The molecular weight excluding hydrogens is 406 g/mol. The van der Waals surface area contributed by atoms with Gasteiger partial charge >= 0.3 is 0 Å². The van der Waals surface area contributed by atoms with Crippen LogP contribution in [-0.2, 0) is 19.6 Å². The van der Waals surface area contributed by atoms with Gasteiger partial charge in [-0.3, -0.25) is 19.3 Å². The number of hydrogen-bond donors (Lipinski definition) is 3. The van der Waals surface area contributed by atoms with Crippen molar-refractivity contribution in [3.8, 4) is 0 Å². The highest BCUT2D eigenvalue weighted by molar-refractivity contribution is 7.90.